The Hall–Kier alpha value is -2.95. The zero-order valence-corrected chi connectivity index (χ0v) is 16.5. The number of hydrogen-bond acceptors (Lipinski definition) is 8. The van der Waals surface area contributed by atoms with Crippen LogP contribution in [-0.4, -0.2) is 74.8 Å². The first kappa shape index (κ1) is 19.4. The second-order valence-electron chi connectivity index (χ2n) is 6.91. The molecule has 152 valence electrons. The van der Waals surface area contributed by atoms with Crippen LogP contribution in [0.4, 0.5) is 17.2 Å². The molecule has 1 atom stereocenters. The molecule has 0 radical (unpaired) electrons. The van der Waals surface area contributed by atoms with Crippen molar-refractivity contribution in [2.75, 3.05) is 49.2 Å². The summed E-state index contributed by atoms with van der Waals surface area (Å²) in [6, 6.07) is 1.86. The topological polar surface area (TPSA) is 125 Å². The van der Waals surface area contributed by atoms with E-state index in [9.17, 15) is 9.90 Å². The zero-order valence-electron chi connectivity index (χ0n) is 15.8. The number of aliphatic hydroxyl groups is 1. The number of aliphatic hydroxyl groups excluding tert-OH is 1. The Balaban J connectivity index is 1.63. The van der Waals surface area contributed by atoms with Gasteiger partial charge in [-0.15, -0.1) is 5.10 Å². The van der Waals surface area contributed by atoms with Gasteiger partial charge in [0.2, 0.25) is 0 Å². The number of carbonyl (C=O) groups is 1. The van der Waals surface area contributed by atoms with Crippen LogP contribution in [0.25, 0.3) is 5.65 Å². The van der Waals surface area contributed by atoms with E-state index in [1.165, 1.54) is 16.9 Å². The number of rotatable bonds is 4. The van der Waals surface area contributed by atoms with Crippen LogP contribution >= 0.6 is 11.6 Å². The van der Waals surface area contributed by atoms with Crippen LogP contribution in [0.3, 0.4) is 0 Å². The van der Waals surface area contributed by atoms with E-state index in [1.807, 2.05) is 13.1 Å². The fourth-order valence-corrected chi connectivity index (χ4v) is 3.59. The maximum absolute atomic E-state index is 13.0. The first-order valence-corrected chi connectivity index (χ1v) is 9.46. The molecule has 1 aliphatic rings. The number of fused-ring (bicyclic) bond motifs is 1. The van der Waals surface area contributed by atoms with E-state index in [2.05, 4.69) is 30.2 Å². The lowest BCUT2D eigenvalue weighted by atomic mass is 10.1. The van der Waals surface area contributed by atoms with Crippen molar-refractivity contribution in [1.29, 1.82) is 0 Å². The molecule has 29 heavy (non-hydrogen) atoms. The average molecular weight is 417 g/mol. The minimum atomic E-state index is -0.436. The molecule has 0 aliphatic carbocycles. The van der Waals surface area contributed by atoms with Crippen molar-refractivity contribution in [2.45, 2.75) is 6.04 Å². The van der Waals surface area contributed by atoms with Gasteiger partial charge in [0, 0.05) is 32.0 Å². The van der Waals surface area contributed by atoms with Crippen molar-refractivity contribution in [2.24, 2.45) is 0 Å². The molecule has 1 unspecified atom stereocenters. The molecule has 4 N–H and O–H groups in total. The molecule has 0 aromatic carbocycles. The minimum Gasteiger partial charge on any atom is -0.395 e. The number of piperazine rings is 1. The van der Waals surface area contributed by atoms with Crippen molar-refractivity contribution in [1.82, 2.24) is 24.5 Å². The highest BCUT2D eigenvalue weighted by Gasteiger charge is 2.26. The number of likely N-dealkylation sites (N-methyl/N-ethyl adjacent to an activating group) is 1. The number of aromatic nitrogens is 4. The van der Waals surface area contributed by atoms with Crippen LogP contribution in [0, 0.1) is 0 Å². The van der Waals surface area contributed by atoms with E-state index in [0.29, 0.717) is 22.9 Å². The zero-order chi connectivity index (χ0) is 20.5. The SMILES string of the molecule is CN1CCN(c2ccncc2NC(=O)c2c(N)nn3cc(Cl)cnc23)CC1CO. The number of hydrogen-bond donors (Lipinski definition) is 3. The predicted molar refractivity (Wildman–Crippen MR) is 110 cm³/mol. The van der Waals surface area contributed by atoms with Crippen molar-refractivity contribution in [3.63, 3.8) is 0 Å². The predicted octanol–water partition coefficient (Wildman–Crippen LogP) is 0.725. The quantitative estimate of drug-likeness (QED) is 0.568. The molecule has 3 aromatic heterocycles. The van der Waals surface area contributed by atoms with E-state index in [4.69, 9.17) is 17.3 Å². The summed E-state index contributed by atoms with van der Waals surface area (Å²) in [4.78, 5) is 25.5. The van der Waals surface area contributed by atoms with Crippen LogP contribution in [0.15, 0.2) is 30.9 Å². The van der Waals surface area contributed by atoms with Gasteiger partial charge in [-0.1, -0.05) is 11.6 Å². The lowest BCUT2D eigenvalue weighted by molar-refractivity contribution is 0.102. The van der Waals surface area contributed by atoms with Crippen molar-refractivity contribution >= 4 is 40.3 Å². The molecule has 1 amide bonds. The Morgan fingerprint density at radius 3 is 3.03 bits per heavy atom. The highest BCUT2D eigenvalue weighted by molar-refractivity contribution is 6.30. The molecule has 11 heteroatoms. The number of nitrogens with zero attached hydrogens (tertiary/aromatic N) is 6. The third-order valence-electron chi connectivity index (χ3n) is 5.07. The van der Waals surface area contributed by atoms with E-state index in [-0.39, 0.29) is 24.0 Å². The molecule has 1 fully saturated rings. The lowest BCUT2D eigenvalue weighted by Crippen LogP contribution is -2.53. The first-order valence-electron chi connectivity index (χ1n) is 9.08. The number of halogens is 1. The van der Waals surface area contributed by atoms with E-state index < -0.39 is 5.91 Å². The standard InChI is InChI=1S/C18H21ClN8O2/c1-25-4-5-26(9-12(25)10-28)14-2-3-21-7-13(14)23-18(29)15-16(20)24-27-8-11(19)6-22-17(15)27/h2-3,6-8,12,28H,4-5,9-10H2,1H3,(H2,20,24)(H,23,29). The van der Waals surface area contributed by atoms with E-state index >= 15 is 0 Å². The first-order chi connectivity index (χ1) is 14.0. The number of pyridine rings is 1. The summed E-state index contributed by atoms with van der Waals surface area (Å²) >= 11 is 5.93. The number of nitrogen functional groups attached to an aromatic ring is 1. The lowest BCUT2D eigenvalue weighted by Gasteiger charge is -2.40. The highest BCUT2D eigenvalue weighted by Crippen LogP contribution is 2.28. The Labute approximate surface area is 171 Å². The van der Waals surface area contributed by atoms with Gasteiger partial charge in [-0.25, -0.2) is 9.50 Å². The molecule has 1 aliphatic heterocycles. The Bertz CT molecular complexity index is 1060. The number of nitrogens with one attached hydrogen (secondary N) is 1. The van der Waals surface area contributed by atoms with Gasteiger partial charge < -0.3 is 21.1 Å². The molecule has 0 saturated carbocycles. The monoisotopic (exact) mass is 416 g/mol. The Kier molecular flexibility index (Phi) is 5.22. The fourth-order valence-electron chi connectivity index (χ4n) is 3.45. The Morgan fingerprint density at radius 1 is 1.41 bits per heavy atom. The summed E-state index contributed by atoms with van der Waals surface area (Å²) in [7, 11) is 1.99. The summed E-state index contributed by atoms with van der Waals surface area (Å²) in [5.41, 5.74) is 7.81. The van der Waals surface area contributed by atoms with E-state index in [0.717, 1.165) is 18.8 Å². The average Bonchev–Trinajstić information content (AvgIpc) is 3.03. The van der Waals surface area contributed by atoms with Gasteiger partial charge in [-0.3, -0.25) is 14.7 Å². The van der Waals surface area contributed by atoms with Crippen LogP contribution in [0.5, 0.6) is 0 Å². The smallest absolute Gasteiger partial charge is 0.263 e. The summed E-state index contributed by atoms with van der Waals surface area (Å²) in [5, 5.41) is 17.0. The highest BCUT2D eigenvalue weighted by atomic mass is 35.5. The molecule has 0 bridgehead atoms. The number of carbonyl (C=O) groups excluding carboxylic acids is 1. The van der Waals surface area contributed by atoms with Crippen LogP contribution < -0.4 is 16.0 Å². The van der Waals surface area contributed by atoms with Gasteiger partial charge in [0.25, 0.3) is 5.91 Å². The number of anilines is 3. The van der Waals surface area contributed by atoms with Crippen LogP contribution in [0.1, 0.15) is 10.4 Å². The number of nitrogens with two attached hydrogens (primary N) is 1. The normalized spacial score (nSPS) is 17.6. The second kappa shape index (κ2) is 7.82. The van der Waals surface area contributed by atoms with Crippen LogP contribution in [-0.2, 0) is 0 Å². The summed E-state index contributed by atoms with van der Waals surface area (Å²) < 4.78 is 1.38. The van der Waals surface area contributed by atoms with Crippen molar-refractivity contribution < 1.29 is 9.90 Å². The van der Waals surface area contributed by atoms with Gasteiger partial charge in [0.1, 0.15) is 5.56 Å². The van der Waals surface area contributed by atoms with Crippen LogP contribution in [0.2, 0.25) is 5.02 Å². The van der Waals surface area contributed by atoms with Gasteiger partial charge in [-0.05, 0) is 13.1 Å². The summed E-state index contributed by atoms with van der Waals surface area (Å²) in [6.07, 6.45) is 6.23. The fraction of sp³-hybridized carbons (Fsp3) is 0.333. The third kappa shape index (κ3) is 3.69. The van der Waals surface area contributed by atoms with E-state index in [1.54, 1.807) is 12.4 Å². The molecule has 1 saturated heterocycles. The summed E-state index contributed by atoms with van der Waals surface area (Å²) in [5.74, 6) is -0.378. The maximum Gasteiger partial charge on any atom is 0.263 e. The van der Waals surface area contributed by atoms with Crippen molar-refractivity contribution in [3.8, 4) is 0 Å². The molecule has 4 rings (SSSR count). The largest absolute Gasteiger partial charge is 0.395 e. The minimum absolute atomic E-state index is 0.0182. The molecule has 3 aromatic rings. The maximum atomic E-state index is 13.0. The molecule has 10 nitrogen and oxygen atoms in total. The van der Waals surface area contributed by atoms with Crippen molar-refractivity contribution in [3.05, 3.63) is 41.4 Å². The van der Waals surface area contributed by atoms with Gasteiger partial charge in [-0.2, -0.15) is 0 Å². The molecule has 0 spiro atoms. The van der Waals surface area contributed by atoms with Gasteiger partial charge in [0.05, 0.1) is 41.4 Å². The molecular weight excluding hydrogens is 396 g/mol. The third-order valence-corrected chi connectivity index (χ3v) is 5.27. The number of amides is 1. The second-order valence-corrected chi connectivity index (χ2v) is 7.35. The Morgan fingerprint density at radius 2 is 2.24 bits per heavy atom. The molecular formula is C18H21ClN8O2. The molecule has 4 heterocycles. The summed E-state index contributed by atoms with van der Waals surface area (Å²) in [6.45, 7) is 2.26. The van der Waals surface area contributed by atoms with Gasteiger partial charge >= 0.3 is 0 Å². The van der Waals surface area contributed by atoms with Gasteiger partial charge in [0.15, 0.2) is 11.5 Å².